The van der Waals surface area contributed by atoms with Gasteiger partial charge in [0.1, 0.15) is 0 Å². The molecular weight excluding hydrogens is 352 g/mol. The summed E-state index contributed by atoms with van der Waals surface area (Å²) in [5.74, 6) is -0.280. The first-order valence-electron chi connectivity index (χ1n) is 9.76. The molecule has 1 heterocycles. The molecule has 1 saturated heterocycles. The Morgan fingerprint density at radius 2 is 1.96 bits per heavy atom. The van der Waals surface area contributed by atoms with Crippen molar-refractivity contribution in [3.05, 3.63) is 53.6 Å². The molecule has 2 aromatic carbocycles. The summed E-state index contributed by atoms with van der Waals surface area (Å²) in [6.45, 7) is 2.87. The number of carbonyl (C=O) groups excluding carboxylic acids is 2. The maximum Gasteiger partial charge on any atom is 0.228 e. The van der Waals surface area contributed by atoms with E-state index in [1.807, 2.05) is 13.0 Å². The summed E-state index contributed by atoms with van der Waals surface area (Å²) in [5.41, 5.74) is 5.97. The first-order valence-corrected chi connectivity index (χ1v) is 9.76. The van der Waals surface area contributed by atoms with E-state index in [-0.39, 0.29) is 30.2 Å². The number of carbonyl (C=O) groups is 2. The average Bonchev–Trinajstić information content (AvgIpc) is 3.26. The van der Waals surface area contributed by atoms with Crippen LogP contribution in [0.5, 0.6) is 0 Å². The molecule has 0 radical (unpaired) electrons. The van der Waals surface area contributed by atoms with E-state index < -0.39 is 0 Å². The number of hydrogen-bond acceptors (Lipinski definition) is 3. The topological polar surface area (TPSA) is 49.9 Å². The van der Waals surface area contributed by atoms with Crippen molar-refractivity contribution in [1.29, 1.82) is 0 Å². The number of likely N-dealkylation sites (N-methyl/N-ethyl adjacent to an activating group) is 1. The molecule has 4 rings (SSSR count). The second-order valence-electron chi connectivity index (χ2n) is 7.83. The fourth-order valence-corrected chi connectivity index (χ4v) is 4.28. The number of rotatable bonds is 5. The summed E-state index contributed by atoms with van der Waals surface area (Å²) >= 11 is 0. The van der Waals surface area contributed by atoms with E-state index in [4.69, 9.17) is 4.74 Å². The van der Waals surface area contributed by atoms with Crippen LogP contribution in [0.3, 0.4) is 0 Å². The first kappa shape index (κ1) is 18.7. The maximum absolute atomic E-state index is 12.8. The van der Waals surface area contributed by atoms with Crippen molar-refractivity contribution in [2.45, 2.75) is 25.8 Å². The second-order valence-corrected chi connectivity index (χ2v) is 7.83. The lowest BCUT2D eigenvalue weighted by Gasteiger charge is -2.27. The molecule has 0 N–H and O–H groups in total. The van der Waals surface area contributed by atoms with E-state index in [0.717, 1.165) is 12.1 Å². The van der Waals surface area contributed by atoms with Gasteiger partial charge in [0.15, 0.2) is 0 Å². The van der Waals surface area contributed by atoms with Gasteiger partial charge in [-0.15, -0.1) is 0 Å². The van der Waals surface area contributed by atoms with Crippen LogP contribution >= 0.6 is 0 Å². The van der Waals surface area contributed by atoms with Gasteiger partial charge in [0.05, 0.1) is 18.6 Å². The van der Waals surface area contributed by atoms with Crippen LogP contribution < -0.4 is 4.90 Å². The molecular formula is C23H26N2O3. The number of hydrogen-bond donors (Lipinski definition) is 0. The zero-order valence-corrected chi connectivity index (χ0v) is 16.6. The molecule has 146 valence electrons. The Labute approximate surface area is 165 Å². The van der Waals surface area contributed by atoms with E-state index in [1.165, 1.54) is 22.3 Å². The lowest BCUT2D eigenvalue weighted by molar-refractivity contribution is -0.137. The summed E-state index contributed by atoms with van der Waals surface area (Å²) in [4.78, 5) is 28.9. The molecule has 2 amide bonds. The number of anilines is 1. The average molecular weight is 378 g/mol. The van der Waals surface area contributed by atoms with Crippen LogP contribution in [0.4, 0.5) is 5.69 Å². The molecule has 2 aromatic rings. The molecule has 1 aliphatic heterocycles. The van der Waals surface area contributed by atoms with Gasteiger partial charge in [-0.1, -0.05) is 30.3 Å². The molecule has 2 aliphatic rings. The molecule has 0 spiro atoms. The smallest absolute Gasteiger partial charge is 0.228 e. The molecule has 5 nitrogen and oxygen atoms in total. The van der Waals surface area contributed by atoms with Crippen molar-refractivity contribution >= 4 is 17.5 Å². The van der Waals surface area contributed by atoms with Crippen LogP contribution in [0.1, 0.15) is 24.5 Å². The molecule has 5 heteroatoms. The van der Waals surface area contributed by atoms with Gasteiger partial charge in [-0.3, -0.25) is 9.59 Å². The number of nitrogens with zero attached hydrogens (tertiary/aromatic N) is 2. The Hall–Kier alpha value is -2.66. The molecule has 1 aliphatic carbocycles. The van der Waals surface area contributed by atoms with Crippen molar-refractivity contribution in [2.24, 2.45) is 5.92 Å². The summed E-state index contributed by atoms with van der Waals surface area (Å²) < 4.78 is 5.15. The van der Waals surface area contributed by atoms with Gasteiger partial charge < -0.3 is 14.5 Å². The van der Waals surface area contributed by atoms with Crippen LogP contribution in [0.15, 0.2) is 42.5 Å². The van der Waals surface area contributed by atoms with Gasteiger partial charge in [0.25, 0.3) is 0 Å². The van der Waals surface area contributed by atoms with E-state index in [0.29, 0.717) is 13.2 Å². The van der Waals surface area contributed by atoms with Gasteiger partial charge in [-0.25, -0.2) is 0 Å². The SMILES string of the molecule is COCC(C)N(C)C(=O)C1CC(=O)N(c2ccc3c(c2)Cc2ccccc2-3)C1. The summed E-state index contributed by atoms with van der Waals surface area (Å²) in [7, 11) is 3.41. The number of methoxy groups -OCH3 is 1. The highest BCUT2D eigenvalue weighted by molar-refractivity contribution is 6.00. The highest BCUT2D eigenvalue weighted by atomic mass is 16.5. The van der Waals surface area contributed by atoms with Crippen LogP contribution in [-0.2, 0) is 20.7 Å². The fourth-order valence-electron chi connectivity index (χ4n) is 4.28. The monoisotopic (exact) mass is 378 g/mol. The van der Waals surface area contributed by atoms with Crippen LogP contribution in [0.2, 0.25) is 0 Å². The standard InChI is InChI=1S/C23H26N2O3/c1-15(14-28-3)24(2)23(27)18-12-22(26)25(13-18)19-8-9-21-17(11-19)10-16-6-4-5-7-20(16)21/h4-9,11,15,18H,10,12-14H2,1-3H3. The Balaban J connectivity index is 1.51. The van der Waals surface area contributed by atoms with Crippen LogP contribution in [0, 0.1) is 5.92 Å². The van der Waals surface area contributed by atoms with Crippen LogP contribution in [-0.4, -0.2) is 50.1 Å². The second kappa shape index (κ2) is 7.40. The fraction of sp³-hybridized carbons (Fsp3) is 0.391. The molecule has 2 atom stereocenters. The third-order valence-corrected chi connectivity index (χ3v) is 5.98. The number of amides is 2. The van der Waals surface area contributed by atoms with Gasteiger partial charge in [0, 0.05) is 32.8 Å². The minimum atomic E-state index is -0.303. The minimum Gasteiger partial charge on any atom is -0.383 e. The van der Waals surface area contributed by atoms with Gasteiger partial charge >= 0.3 is 0 Å². The zero-order chi connectivity index (χ0) is 19.8. The van der Waals surface area contributed by atoms with E-state index in [2.05, 4.69) is 36.4 Å². The molecule has 28 heavy (non-hydrogen) atoms. The van der Waals surface area contributed by atoms with E-state index >= 15 is 0 Å². The lowest BCUT2D eigenvalue weighted by atomic mass is 10.1. The Morgan fingerprint density at radius 1 is 1.21 bits per heavy atom. The Kier molecular flexibility index (Phi) is 4.94. The van der Waals surface area contributed by atoms with Crippen molar-refractivity contribution < 1.29 is 14.3 Å². The minimum absolute atomic E-state index is 0.00830. The van der Waals surface area contributed by atoms with Crippen molar-refractivity contribution in [2.75, 3.05) is 32.2 Å². The summed E-state index contributed by atoms with van der Waals surface area (Å²) in [5, 5.41) is 0. The van der Waals surface area contributed by atoms with Gasteiger partial charge in [-0.2, -0.15) is 0 Å². The lowest BCUT2D eigenvalue weighted by Crippen LogP contribution is -2.42. The van der Waals surface area contributed by atoms with Gasteiger partial charge in [-0.05, 0) is 47.7 Å². The predicted molar refractivity (Wildman–Crippen MR) is 109 cm³/mol. The van der Waals surface area contributed by atoms with Crippen molar-refractivity contribution in [1.82, 2.24) is 4.90 Å². The molecule has 0 aromatic heterocycles. The normalized spacial score (nSPS) is 18.8. The van der Waals surface area contributed by atoms with Crippen molar-refractivity contribution in [3.63, 3.8) is 0 Å². The van der Waals surface area contributed by atoms with Crippen molar-refractivity contribution in [3.8, 4) is 11.1 Å². The molecule has 0 saturated carbocycles. The Morgan fingerprint density at radius 3 is 2.75 bits per heavy atom. The largest absolute Gasteiger partial charge is 0.383 e. The molecule has 0 bridgehead atoms. The summed E-state index contributed by atoms with van der Waals surface area (Å²) in [6.07, 6.45) is 1.15. The number of fused-ring (bicyclic) bond motifs is 3. The number of benzene rings is 2. The third kappa shape index (κ3) is 3.20. The predicted octanol–water partition coefficient (Wildman–Crippen LogP) is 3.10. The highest BCUT2D eigenvalue weighted by Crippen LogP contribution is 2.39. The maximum atomic E-state index is 12.8. The third-order valence-electron chi connectivity index (χ3n) is 5.98. The summed E-state index contributed by atoms with van der Waals surface area (Å²) in [6, 6.07) is 14.6. The van der Waals surface area contributed by atoms with E-state index in [1.54, 1.807) is 24.0 Å². The highest BCUT2D eigenvalue weighted by Gasteiger charge is 2.37. The van der Waals surface area contributed by atoms with Gasteiger partial charge in [0.2, 0.25) is 11.8 Å². The Bertz CT molecular complexity index is 924. The quantitative estimate of drug-likeness (QED) is 0.685. The first-order chi connectivity index (χ1) is 13.5. The van der Waals surface area contributed by atoms with Crippen LogP contribution in [0.25, 0.3) is 11.1 Å². The molecule has 1 fully saturated rings. The number of ether oxygens (including phenoxy) is 1. The molecule has 2 unspecified atom stereocenters. The van der Waals surface area contributed by atoms with E-state index in [9.17, 15) is 9.59 Å². The zero-order valence-electron chi connectivity index (χ0n) is 16.6.